The molecule has 2 N–H and O–H groups in total. The van der Waals surface area contributed by atoms with Gasteiger partial charge in [0, 0.05) is 6.04 Å². The van der Waals surface area contributed by atoms with Crippen LogP contribution in [0.4, 0.5) is 0 Å². The Morgan fingerprint density at radius 1 is 1.25 bits per heavy atom. The van der Waals surface area contributed by atoms with E-state index in [-0.39, 0.29) is 0 Å². The average Bonchev–Trinajstić information content (AvgIpc) is 2.13. The summed E-state index contributed by atoms with van der Waals surface area (Å²) in [6, 6.07) is 0.597. The third kappa shape index (κ3) is 0.576. The minimum atomic E-state index is 0.597. The molecule has 0 heterocycles. The smallest absolute Gasteiger partial charge is 0.00737 e. The van der Waals surface area contributed by atoms with E-state index < -0.39 is 0 Å². The van der Waals surface area contributed by atoms with Crippen molar-refractivity contribution in [3.63, 3.8) is 0 Å². The van der Waals surface area contributed by atoms with Crippen LogP contribution in [-0.2, 0) is 0 Å². The molecule has 0 radical (unpaired) electrons. The van der Waals surface area contributed by atoms with Crippen LogP contribution in [0, 0.1) is 11.8 Å². The molecule has 1 nitrogen and oxygen atoms in total. The molecule has 2 saturated carbocycles. The molecule has 46 valence electrons. The highest BCUT2D eigenvalue weighted by Gasteiger charge is 2.42. The maximum atomic E-state index is 5.68. The van der Waals surface area contributed by atoms with E-state index in [0.717, 1.165) is 11.8 Å². The highest BCUT2D eigenvalue weighted by molar-refractivity contribution is 4.97. The Morgan fingerprint density at radius 3 is 2.00 bits per heavy atom. The Bertz CT molecular complexity index is 93.8. The van der Waals surface area contributed by atoms with Crippen molar-refractivity contribution in [1.82, 2.24) is 0 Å². The summed E-state index contributed by atoms with van der Waals surface area (Å²) in [6.45, 7) is 0. The van der Waals surface area contributed by atoms with Crippen molar-refractivity contribution in [2.45, 2.75) is 31.7 Å². The van der Waals surface area contributed by atoms with Crippen molar-refractivity contribution >= 4 is 0 Å². The molecule has 2 fully saturated rings. The summed E-state index contributed by atoms with van der Waals surface area (Å²) in [4.78, 5) is 0. The molecule has 0 aromatic heterocycles. The quantitative estimate of drug-likeness (QED) is 0.539. The van der Waals surface area contributed by atoms with Gasteiger partial charge in [0.2, 0.25) is 0 Å². The van der Waals surface area contributed by atoms with Gasteiger partial charge >= 0.3 is 0 Å². The first-order chi connectivity index (χ1) is 3.88. The van der Waals surface area contributed by atoms with Crippen LogP contribution in [0.5, 0.6) is 0 Å². The van der Waals surface area contributed by atoms with Crippen molar-refractivity contribution in [3.8, 4) is 0 Å². The zero-order valence-electron chi connectivity index (χ0n) is 5.14. The number of hydrogen-bond acceptors (Lipinski definition) is 1. The van der Waals surface area contributed by atoms with Crippen LogP contribution in [0.15, 0.2) is 0 Å². The van der Waals surface area contributed by atoms with Crippen molar-refractivity contribution in [1.29, 1.82) is 0 Å². The highest BCUT2D eigenvalue weighted by Crippen LogP contribution is 2.45. The van der Waals surface area contributed by atoms with Gasteiger partial charge in [-0.3, -0.25) is 0 Å². The normalized spacial score (nSPS) is 46.1. The molecule has 2 rings (SSSR count). The van der Waals surface area contributed by atoms with Gasteiger partial charge in [-0.15, -0.1) is 0 Å². The molecule has 2 aliphatic rings. The van der Waals surface area contributed by atoms with E-state index >= 15 is 0 Å². The third-order valence-corrected chi connectivity index (χ3v) is 2.65. The lowest BCUT2D eigenvalue weighted by molar-refractivity contribution is 0.273. The Labute approximate surface area is 50.3 Å². The lowest BCUT2D eigenvalue weighted by atomic mass is 9.81. The van der Waals surface area contributed by atoms with E-state index in [0.29, 0.717) is 6.04 Å². The summed E-state index contributed by atoms with van der Waals surface area (Å²) in [6.07, 6.45) is 5.73. The van der Waals surface area contributed by atoms with Crippen LogP contribution in [0.2, 0.25) is 0 Å². The molecule has 0 spiro atoms. The van der Waals surface area contributed by atoms with Crippen molar-refractivity contribution in [2.75, 3.05) is 0 Å². The summed E-state index contributed by atoms with van der Waals surface area (Å²) in [5.74, 6) is 1.99. The summed E-state index contributed by atoms with van der Waals surface area (Å²) in [5.41, 5.74) is 5.68. The van der Waals surface area contributed by atoms with Crippen molar-refractivity contribution in [2.24, 2.45) is 17.6 Å². The topological polar surface area (TPSA) is 26.0 Å². The maximum Gasteiger partial charge on any atom is 0.00737 e. The molecule has 0 bridgehead atoms. The molecule has 8 heavy (non-hydrogen) atoms. The molecule has 2 atom stereocenters. The summed E-state index contributed by atoms with van der Waals surface area (Å²) in [5, 5.41) is 0. The Kier molecular flexibility index (Phi) is 0.884. The first kappa shape index (κ1) is 4.80. The fourth-order valence-corrected chi connectivity index (χ4v) is 1.65. The predicted octanol–water partition coefficient (Wildman–Crippen LogP) is 1.13. The van der Waals surface area contributed by atoms with E-state index in [1.165, 1.54) is 25.7 Å². The summed E-state index contributed by atoms with van der Waals surface area (Å²) < 4.78 is 0. The molecule has 0 amide bonds. The monoisotopic (exact) mass is 111 g/mol. The largest absolute Gasteiger partial charge is 0.327 e. The number of hydrogen-bond donors (Lipinski definition) is 1. The van der Waals surface area contributed by atoms with Crippen molar-refractivity contribution < 1.29 is 0 Å². The van der Waals surface area contributed by atoms with E-state index in [4.69, 9.17) is 5.73 Å². The zero-order chi connectivity index (χ0) is 5.56. The molecule has 0 aliphatic heterocycles. The van der Waals surface area contributed by atoms with Crippen LogP contribution in [-0.4, -0.2) is 6.04 Å². The van der Waals surface area contributed by atoms with Gasteiger partial charge in [-0.1, -0.05) is 19.3 Å². The van der Waals surface area contributed by atoms with E-state index in [2.05, 4.69) is 0 Å². The van der Waals surface area contributed by atoms with E-state index in [9.17, 15) is 0 Å². The number of nitrogens with two attached hydrogens (primary N) is 1. The Balaban J connectivity index is 1.82. The van der Waals surface area contributed by atoms with Crippen LogP contribution in [0.25, 0.3) is 0 Å². The zero-order valence-corrected chi connectivity index (χ0v) is 5.14. The molecular weight excluding hydrogens is 98.1 g/mol. The van der Waals surface area contributed by atoms with Gasteiger partial charge in [-0.25, -0.2) is 0 Å². The van der Waals surface area contributed by atoms with E-state index in [1.807, 2.05) is 0 Å². The standard InChI is InChI=1S/C7H13N/c8-7-4-6(7)5-2-1-3-5/h5-7H,1-4,8H2/t6-,7+/m0/s1. The number of rotatable bonds is 1. The molecule has 1 heteroatoms. The molecule has 0 aromatic carbocycles. The minimum Gasteiger partial charge on any atom is -0.327 e. The van der Waals surface area contributed by atoms with Crippen LogP contribution >= 0.6 is 0 Å². The first-order valence-corrected chi connectivity index (χ1v) is 3.63. The van der Waals surface area contributed by atoms with Crippen LogP contribution in [0.1, 0.15) is 25.7 Å². The molecule has 2 aliphatic carbocycles. The fraction of sp³-hybridized carbons (Fsp3) is 1.00. The molecular formula is C7H13N. The fourth-order valence-electron chi connectivity index (χ4n) is 1.65. The third-order valence-electron chi connectivity index (χ3n) is 2.65. The average molecular weight is 111 g/mol. The SMILES string of the molecule is N[C@@H]1C[C@H]1C1CCC1. The second kappa shape index (κ2) is 1.47. The summed E-state index contributed by atoms with van der Waals surface area (Å²) >= 11 is 0. The van der Waals surface area contributed by atoms with Gasteiger partial charge in [0.25, 0.3) is 0 Å². The second-order valence-electron chi connectivity index (χ2n) is 3.25. The Hall–Kier alpha value is -0.0400. The van der Waals surface area contributed by atoms with Gasteiger partial charge in [-0.05, 0) is 18.3 Å². The Morgan fingerprint density at radius 2 is 1.88 bits per heavy atom. The lowest BCUT2D eigenvalue weighted by Crippen LogP contribution is -2.17. The van der Waals surface area contributed by atoms with Crippen LogP contribution < -0.4 is 5.73 Å². The summed E-state index contributed by atoms with van der Waals surface area (Å²) in [7, 11) is 0. The lowest BCUT2D eigenvalue weighted by Gasteiger charge is -2.24. The molecule has 0 saturated heterocycles. The van der Waals surface area contributed by atoms with Gasteiger partial charge < -0.3 is 5.73 Å². The predicted molar refractivity (Wildman–Crippen MR) is 33.4 cm³/mol. The van der Waals surface area contributed by atoms with Gasteiger partial charge in [0.1, 0.15) is 0 Å². The van der Waals surface area contributed by atoms with Gasteiger partial charge in [0.15, 0.2) is 0 Å². The van der Waals surface area contributed by atoms with E-state index in [1.54, 1.807) is 0 Å². The van der Waals surface area contributed by atoms with Gasteiger partial charge in [0.05, 0.1) is 0 Å². The molecule has 0 unspecified atom stereocenters. The second-order valence-corrected chi connectivity index (χ2v) is 3.25. The van der Waals surface area contributed by atoms with Crippen LogP contribution in [0.3, 0.4) is 0 Å². The minimum absolute atomic E-state index is 0.597. The highest BCUT2D eigenvalue weighted by atomic mass is 14.8. The maximum absolute atomic E-state index is 5.68. The van der Waals surface area contributed by atoms with Crippen molar-refractivity contribution in [3.05, 3.63) is 0 Å². The molecule has 0 aromatic rings. The first-order valence-electron chi connectivity index (χ1n) is 3.63. The van der Waals surface area contributed by atoms with Gasteiger partial charge in [-0.2, -0.15) is 0 Å².